The van der Waals surface area contributed by atoms with Gasteiger partial charge in [-0.1, -0.05) is 19.3 Å². The molecule has 9 heteroatoms. The van der Waals surface area contributed by atoms with Crippen LogP contribution in [0, 0.1) is 0 Å². The highest BCUT2D eigenvalue weighted by Gasteiger charge is 2.22. The number of hydrogen-bond donors (Lipinski definition) is 2. The first-order chi connectivity index (χ1) is 13.9. The van der Waals surface area contributed by atoms with E-state index >= 15 is 0 Å². The third-order valence-corrected chi connectivity index (χ3v) is 5.07. The Labute approximate surface area is 167 Å². The monoisotopic (exact) mass is 394 g/mol. The molecule has 0 aromatic carbocycles. The predicted molar refractivity (Wildman–Crippen MR) is 108 cm³/mol. The van der Waals surface area contributed by atoms with Crippen LogP contribution >= 0.6 is 0 Å². The van der Waals surface area contributed by atoms with Crippen molar-refractivity contribution in [3.63, 3.8) is 0 Å². The molecule has 1 aliphatic heterocycles. The van der Waals surface area contributed by atoms with Crippen molar-refractivity contribution in [1.82, 2.24) is 15.0 Å². The summed E-state index contributed by atoms with van der Waals surface area (Å²) in [5.41, 5.74) is 5.38. The van der Waals surface area contributed by atoms with E-state index in [4.69, 9.17) is 29.9 Å². The number of aromatic nitrogens is 3. The van der Waals surface area contributed by atoms with Gasteiger partial charge in [-0.25, -0.2) is 0 Å². The number of anilines is 2. The fourth-order valence-corrected chi connectivity index (χ4v) is 3.55. The Hall–Kier alpha value is -1.55. The van der Waals surface area contributed by atoms with Crippen molar-refractivity contribution in [3.8, 4) is 0 Å². The van der Waals surface area contributed by atoms with Gasteiger partial charge in [0, 0.05) is 32.1 Å². The molecule has 0 radical (unpaired) electrons. The van der Waals surface area contributed by atoms with Gasteiger partial charge in [0.05, 0.1) is 39.6 Å². The van der Waals surface area contributed by atoms with Crippen LogP contribution in [0.5, 0.6) is 0 Å². The van der Waals surface area contributed by atoms with E-state index in [1.165, 1.54) is 19.3 Å². The minimum Gasteiger partial charge on any atom is -0.378 e. The van der Waals surface area contributed by atoms with E-state index in [9.17, 15) is 0 Å². The quantitative estimate of drug-likeness (QED) is 0.535. The molecule has 2 heterocycles. The number of morpholine rings is 1. The standard InChI is InChI=1S/C19H34N6O3/c20-6-10-26-14-15-27-11-7-21-18-22-17(16-4-2-1-3-5-16)23-19(24-18)25-8-12-28-13-9-25/h16H,1-15,20H2,(H,21,22,23,24). The maximum Gasteiger partial charge on any atom is 0.230 e. The van der Waals surface area contributed by atoms with E-state index < -0.39 is 0 Å². The van der Waals surface area contributed by atoms with Gasteiger partial charge in [-0.3, -0.25) is 0 Å². The molecule has 9 nitrogen and oxygen atoms in total. The Morgan fingerprint density at radius 1 is 0.964 bits per heavy atom. The average molecular weight is 395 g/mol. The molecule has 3 N–H and O–H groups in total. The van der Waals surface area contributed by atoms with Gasteiger partial charge < -0.3 is 30.2 Å². The molecule has 3 rings (SSSR count). The molecule has 2 aliphatic rings. The molecule has 0 bridgehead atoms. The van der Waals surface area contributed by atoms with Gasteiger partial charge >= 0.3 is 0 Å². The molecule has 0 spiro atoms. The van der Waals surface area contributed by atoms with Crippen molar-refractivity contribution < 1.29 is 14.2 Å². The summed E-state index contributed by atoms with van der Waals surface area (Å²) in [5.74, 6) is 2.76. The zero-order chi connectivity index (χ0) is 19.4. The highest BCUT2D eigenvalue weighted by Crippen LogP contribution is 2.31. The van der Waals surface area contributed by atoms with Crippen LogP contribution in [0.2, 0.25) is 0 Å². The molecule has 28 heavy (non-hydrogen) atoms. The lowest BCUT2D eigenvalue weighted by molar-refractivity contribution is 0.0547. The van der Waals surface area contributed by atoms with Crippen molar-refractivity contribution in [2.75, 3.05) is 76.0 Å². The van der Waals surface area contributed by atoms with Crippen LogP contribution in [-0.2, 0) is 14.2 Å². The summed E-state index contributed by atoms with van der Waals surface area (Å²) in [4.78, 5) is 16.4. The fraction of sp³-hybridized carbons (Fsp3) is 0.842. The average Bonchev–Trinajstić information content (AvgIpc) is 2.76. The summed E-state index contributed by atoms with van der Waals surface area (Å²) >= 11 is 0. The Morgan fingerprint density at radius 3 is 2.46 bits per heavy atom. The number of hydrogen-bond acceptors (Lipinski definition) is 9. The van der Waals surface area contributed by atoms with E-state index in [2.05, 4.69) is 15.2 Å². The lowest BCUT2D eigenvalue weighted by Gasteiger charge is -2.28. The molecular formula is C19H34N6O3. The zero-order valence-electron chi connectivity index (χ0n) is 16.8. The third-order valence-electron chi connectivity index (χ3n) is 5.07. The molecule has 0 amide bonds. The molecule has 1 aromatic heterocycles. The SMILES string of the molecule is NCCOCCOCCNc1nc(C2CCCCC2)nc(N2CCOCC2)n1. The van der Waals surface area contributed by atoms with Gasteiger partial charge in [-0.15, -0.1) is 0 Å². The first-order valence-electron chi connectivity index (χ1n) is 10.5. The summed E-state index contributed by atoms with van der Waals surface area (Å²) < 4.78 is 16.3. The normalized spacial score (nSPS) is 18.4. The second kappa shape index (κ2) is 12.1. The van der Waals surface area contributed by atoms with Crippen molar-refractivity contribution in [2.24, 2.45) is 5.73 Å². The van der Waals surface area contributed by atoms with Gasteiger partial charge in [0.25, 0.3) is 0 Å². The molecular weight excluding hydrogens is 360 g/mol. The molecule has 0 unspecified atom stereocenters. The van der Waals surface area contributed by atoms with Crippen LogP contribution in [-0.4, -0.2) is 80.8 Å². The van der Waals surface area contributed by atoms with Crippen LogP contribution in [0.25, 0.3) is 0 Å². The van der Waals surface area contributed by atoms with E-state index in [-0.39, 0.29) is 0 Å². The van der Waals surface area contributed by atoms with Crippen LogP contribution in [0.3, 0.4) is 0 Å². The van der Waals surface area contributed by atoms with Crippen LogP contribution in [0.15, 0.2) is 0 Å². The smallest absolute Gasteiger partial charge is 0.230 e. The maximum atomic E-state index is 5.57. The number of nitrogens with one attached hydrogen (secondary N) is 1. The van der Waals surface area contributed by atoms with Crippen molar-refractivity contribution in [1.29, 1.82) is 0 Å². The van der Waals surface area contributed by atoms with E-state index in [0.29, 0.717) is 64.6 Å². The van der Waals surface area contributed by atoms with Crippen LogP contribution in [0.4, 0.5) is 11.9 Å². The number of nitrogens with zero attached hydrogens (tertiary/aromatic N) is 4. The molecule has 2 fully saturated rings. The minimum atomic E-state index is 0.438. The van der Waals surface area contributed by atoms with E-state index in [1.54, 1.807) is 0 Å². The Balaban J connectivity index is 1.55. The highest BCUT2D eigenvalue weighted by atomic mass is 16.5. The lowest BCUT2D eigenvalue weighted by atomic mass is 9.89. The first-order valence-corrected chi connectivity index (χ1v) is 10.5. The zero-order valence-corrected chi connectivity index (χ0v) is 16.8. The lowest BCUT2D eigenvalue weighted by Crippen LogP contribution is -2.38. The molecule has 1 saturated heterocycles. The number of nitrogens with two attached hydrogens (primary N) is 1. The summed E-state index contributed by atoms with van der Waals surface area (Å²) in [5, 5.41) is 3.30. The number of rotatable bonds is 11. The molecule has 0 atom stereocenters. The minimum absolute atomic E-state index is 0.438. The maximum absolute atomic E-state index is 5.57. The summed E-state index contributed by atoms with van der Waals surface area (Å²) in [6, 6.07) is 0. The van der Waals surface area contributed by atoms with E-state index in [0.717, 1.165) is 37.7 Å². The predicted octanol–water partition coefficient (Wildman–Crippen LogP) is 1.16. The largest absolute Gasteiger partial charge is 0.378 e. The van der Waals surface area contributed by atoms with Crippen LogP contribution < -0.4 is 16.0 Å². The molecule has 1 aliphatic carbocycles. The van der Waals surface area contributed by atoms with Gasteiger partial charge in [0.1, 0.15) is 5.82 Å². The summed E-state index contributed by atoms with van der Waals surface area (Å²) in [7, 11) is 0. The highest BCUT2D eigenvalue weighted by molar-refractivity contribution is 5.38. The van der Waals surface area contributed by atoms with Crippen molar-refractivity contribution >= 4 is 11.9 Å². The fourth-order valence-electron chi connectivity index (χ4n) is 3.55. The van der Waals surface area contributed by atoms with Gasteiger partial charge in [-0.2, -0.15) is 15.0 Å². The second-order valence-corrected chi connectivity index (χ2v) is 7.19. The Morgan fingerprint density at radius 2 is 1.71 bits per heavy atom. The summed E-state index contributed by atoms with van der Waals surface area (Å²) in [6.45, 7) is 6.52. The van der Waals surface area contributed by atoms with Gasteiger partial charge in [0.15, 0.2) is 0 Å². The molecule has 1 saturated carbocycles. The van der Waals surface area contributed by atoms with Crippen LogP contribution in [0.1, 0.15) is 43.8 Å². The van der Waals surface area contributed by atoms with Gasteiger partial charge in [0.2, 0.25) is 11.9 Å². The third kappa shape index (κ3) is 6.80. The molecule has 1 aromatic rings. The number of ether oxygens (including phenoxy) is 3. The van der Waals surface area contributed by atoms with Gasteiger partial charge in [-0.05, 0) is 12.8 Å². The van der Waals surface area contributed by atoms with Crippen molar-refractivity contribution in [2.45, 2.75) is 38.0 Å². The molecule has 158 valence electrons. The first kappa shape index (κ1) is 21.2. The van der Waals surface area contributed by atoms with E-state index in [1.807, 2.05) is 0 Å². The summed E-state index contributed by atoms with van der Waals surface area (Å²) in [6.07, 6.45) is 6.16. The van der Waals surface area contributed by atoms with Crippen molar-refractivity contribution in [3.05, 3.63) is 5.82 Å². The Bertz CT molecular complexity index is 528. The Kier molecular flexibility index (Phi) is 9.15. The second-order valence-electron chi connectivity index (χ2n) is 7.19. The topological polar surface area (TPSA) is 108 Å².